The summed E-state index contributed by atoms with van der Waals surface area (Å²) in [7, 11) is -1.61. The second kappa shape index (κ2) is 9.35. The number of ether oxygens (including phenoxy) is 1. The van der Waals surface area contributed by atoms with Crippen molar-refractivity contribution in [1.29, 1.82) is 0 Å². The minimum absolute atomic E-state index is 0.399. The third kappa shape index (κ3) is 4.01. The van der Waals surface area contributed by atoms with Crippen LogP contribution in [-0.2, 0) is 25.1 Å². The SMILES string of the molecule is CC1(C)[C@H](C(=O)OC(c2ccccc2)c2ccccc2)N2C(=O)[C@@H](NC(=O)c3ccccc3)[C@H]2S1=O. The van der Waals surface area contributed by atoms with E-state index in [1.165, 1.54) is 4.90 Å². The zero-order valence-corrected chi connectivity index (χ0v) is 20.7. The lowest BCUT2D eigenvalue weighted by molar-refractivity contribution is -0.166. The number of rotatable bonds is 6. The molecule has 3 aromatic rings. The van der Waals surface area contributed by atoms with Crippen LogP contribution in [0.5, 0.6) is 0 Å². The molecule has 2 amide bonds. The number of β-lactam (4-membered cyclic amide) rings is 1. The van der Waals surface area contributed by atoms with Crippen molar-refractivity contribution in [2.24, 2.45) is 0 Å². The Labute approximate surface area is 211 Å². The zero-order valence-electron chi connectivity index (χ0n) is 19.9. The predicted molar refractivity (Wildman–Crippen MR) is 135 cm³/mol. The molecule has 0 radical (unpaired) electrons. The highest BCUT2D eigenvalue weighted by Crippen LogP contribution is 2.44. The van der Waals surface area contributed by atoms with Crippen molar-refractivity contribution in [2.45, 2.75) is 42.2 Å². The van der Waals surface area contributed by atoms with Crippen molar-refractivity contribution in [2.75, 3.05) is 0 Å². The van der Waals surface area contributed by atoms with Crippen LogP contribution in [0.3, 0.4) is 0 Å². The minimum Gasteiger partial charge on any atom is -0.451 e. The van der Waals surface area contributed by atoms with Gasteiger partial charge in [0.15, 0.2) is 6.10 Å². The summed E-state index contributed by atoms with van der Waals surface area (Å²) < 4.78 is 18.4. The summed E-state index contributed by atoms with van der Waals surface area (Å²) in [6.45, 7) is 3.38. The molecule has 0 bridgehead atoms. The Morgan fingerprint density at radius 3 is 1.92 bits per heavy atom. The van der Waals surface area contributed by atoms with Crippen molar-refractivity contribution in [3.05, 3.63) is 108 Å². The molecule has 3 aromatic carbocycles. The Kier molecular flexibility index (Phi) is 6.22. The molecule has 4 atom stereocenters. The van der Waals surface area contributed by atoms with Crippen LogP contribution in [0.25, 0.3) is 0 Å². The maximum atomic E-state index is 13.6. The summed E-state index contributed by atoms with van der Waals surface area (Å²) in [5.74, 6) is -1.50. The average molecular weight is 503 g/mol. The van der Waals surface area contributed by atoms with Crippen molar-refractivity contribution >= 4 is 28.6 Å². The number of carbonyl (C=O) groups excluding carboxylic acids is 3. The minimum atomic E-state index is -1.61. The number of nitrogens with one attached hydrogen (secondary N) is 1. The number of carbonyl (C=O) groups is 3. The van der Waals surface area contributed by atoms with Crippen LogP contribution in [0, 0.1) is 0 Å². The summed E-state index contributed by atoms with van der Waals surface area (Å²) in [5, 5.41) is 1.90. The van der Waals surface area contributed by atoms with Crippen LogP contribution in [0.15, 0.2) is 91.0 Å². The van der Waals surface area contributed by atoms with E-state index in [0.29, 0.717) is 5.56 Å². The molecule has 36 heavy (non-hydrogen) atoms. The molecule has 2 heterocycles. The smallest absolute Gasteiger partial charge is 0.331 e. The fourth-order valence-corrected chi connectivity index (χ4v) is 6.77. The second-order valence-electron chi connectivity index (χ2n) is 9.39. The lowest BCUT2D eigenvalue weighted by Crippen LogP contribution is -2.71. The van der Waals surface area contributed by atoms with Gasteiger partial charge in [0.05, 0.1) is 15.5 Å². The molecule has 2 fully saturated rings. The van der Waals surface area contributed by atoms with Gasteiger partial charge in [0, 0.05) is 5.56 Å². The molecule has 0 aliphatic carbocycles. The molecular formula is C28H26N2O5S. The summed E-state index contributed by atoms with van der Waals surface area (Å²) in [4.78, 5) is 40.7. The second-order valence-corrected chi connectivity index (χ2v) is 11.5. The van der Waals surface area contributed by atoms with Crippen LogP contribution in [-0.4, -0.2) is 49.1 Å². The molecule has 7 nitrogen and oxygen atoms in total. The van der Waals surface area contributed by atoms with Gasteiger partial charge in [-0.05, 0) is 37.1 Å². The van der Waals surface area contributed by atoms with E-state index in [2.05, 4.69) is 5.32 Å². The maximum Gasteiger partial charge on any atom is 0.331 e. The van der Waals surface area contributed by atoms with E-state index in [0.717, 1.165) is 11.1 Å². The third-order valence-electron chi connectivity index (χ3n) is 6.74. The van der Waals surface area contributed by atoms with Gasteiger partial charge in [-0.3, -0.25) is 13.8 Å². The van der Waals surface area contributed by atoms with Crippen LogP contribution >= 0.6 is 0 Å². The zero-order chi connectivity index (χ0) is 25.4. The Hall–Kier alpha value is -3.78. The molecule has 0 spiro atoms. The predicted octanol–water partition coefficient (Wildman–Crippen LogP) is 3.20. The third-order valence-corrected chi connectivity index (χ3v) is 8.94. The number of nitrogens with zero attached hydrogens (tertiary/aromatic N) is 1. The molecule has 0 saturated carbocycles. The molecule has 0 aromatic heterocycles. The van der Waals surface area contributed by atoms with E-state index in [4.69, 9.17) is 4.74 Å². The average Bonchev–Trinajstić information content (AvgIpc) is 3.10. The van der Waals surface area contributed by atoms with E-state index in [-0.39, 0.29) is 0 Å². The monoisotopic (exact) mass is 502 g/mol. The van der Waals surface area contributed by atoms with E-state index in [1.54, 1.807) is 44.2 Å². The molecule has 2 aliphatic rings. The van der Waals surface area contributed by atoms with Gasteiger partial charge in [-0.2, -0.15) is 0 Å². The molecular weight excluding hydrogens is 476 g/mol. The van der Waals surface area contributed by atoms with Crippen LogP contribution in [0.4, 0.5) is 0 Å². The number of esters is 1. The van der Waals surface area contributed by atoms with Gasteiger partial charge in [-0.25, -0.2) is 4.79 Å². The number of fused-ring (bicyclic) bond motifs is 1. The fourth-order valence-electron chi connectivity index (χ4n) is 4.85. The first-order valence-electron chi connectivity index (χ1n) is 11.7. The number of amides is 2. The van der Waals surface area contributed by atoms with Gasteiger partial charge >= 0.3 is 5.97 Å². The standard InChI is InChI=1S/C28H26N2O5S/c1-28(2)23(27(33)35-22(18-12-6-3-7-13-18)19-14-8-4-9-15-19)30-25(32)21(26(30)36(28)34)29-24(31)20-16-10-5-11-17-20/h3-17,21-23,26H,1-2H3,(H,29,31)/t21-,23+,26-,36?/m1/s1. The highest BCUT2D eigenvalue weighted by Gasteiger charge is 2.68. The van der Waals surface area contributed by atoms with E-state index in [9.17, 15) is 18.6 Å². The Balaban J connectivity index is 1.39. The highest BCUT2D eigenvalue weighted by molar-refractivity contribution is 7.87. The first kappa shape index (κ1) is 23.9. The Bertz CT molecular complexity index is 1270. The molecule has 2 saturated heterocycles. The van der Waals surface area contributed by atoms with Crippen molar-refractivity contribution < 1.29 is 23.3 Å². The first-order chi connectivity index (χ1) is 17.3. The lowest BCUT2D eigenvalue weighted by atomic mass is 9.95. The number of hydrogen-bond acceptors (Lipinski definition) is 5. The van der Waals surface area contributed by atoms with Crippen LogP contribution < -0.4 is 5.32 Å². The van der Waals surface area contributed by atoms with E-state index < -0.39 is 56.9 Å². The highest BCUT2D eigenvalue weighted by atomic mass is 32.2. The number of benzene rings is 3. The molecule has 1 unspecified atom stereocenters. The van der Waals surface area contributed by atoms with E-state index in [1.807, 2.05) is 60.7 Å². The van der Waals surface area contributed by atoms with Gasteiger partial charge < -0.3 is 15.0 Å². The first-order valence-corrected chi connectivity index (χ1v) is 12.9. The molecule has 5 rings (SSSR count). The Morgan fingerprint density at radius 2 is 1.39 bits per heavy atom. The molecule has 2 aliphatic heterocycles. The van der Waals surface area contributed by atoms with Gasteiger partial charge in [0.2, 0.25) is 5.91 Å². The summed E-state index contributed by atoms with van der Waals surface area (Å²) in [5.41, 5.74) is 1.97. The number of hydrogen-bond donors (Lipinski definition) is 1. The summed E-state index contributed by atoms with van der Waals surface area (Å²) in [6.07, 6.45) is -0.687. The van der Waals surface area contributed by atoms with E-state index >= 15 is 0 Å². The van der Waals surface area contributed by atoms with Crippen LogP contribution in [0.2, 0.25) is 0 Å². The molecule has 1 N–H and O–H groups in total. The van der Waals surface area contributed by atoms with Gasteiger partial charge in [-0.15, -0.1) is 0 Å². The summed E-state index contributed by atoms with van der Waals surface area (Å²) >= 11 is 0. The molecule has 184 valence electrons. The van der Waals surface area contributed by atoms with Crippen molar-refractivity contribution in [3.8, 4) is 0 Å². The quantitative estimate of drug-likeness (QED) is 0.413. The molecule has 8 heteroatoms. The van der Waals surface area contributed by atoms with Crippen molar-refractivity contribution in [3.63, 3.8) is 0 Å². The normalized spacial score (nSPS) is 24.1. The van der Waals surface area contributed by atoms with Crippen LogP contribution in [0.1, 0.15) is 41.4 Å². The lowest BCUT2D eigenvalue weighted by Gasteiger charge is -2.43. The Morgan fingerprint density at radius 1 is 0.889 bits per heavy atom. The van der Waals surface area contributed by atoms with Gasteiger partial charge in [0.25, 0.3) is 5.91 Å². The summed E-state index contributed by atoms with van der Waals surface area (Å²) in [6, 6.07) is 25.2. The van der Waals surface area contributed by atoms with Crippen molar-refractivity contribution in [1.82, 2.24) is 10.2 Å². The maximum absolute atomic E-state index is 13.6. The van der Waals surface area contributed by atoms with Gasteiger partial charge in [0.1, 0.15) is 17.5 Å². The largest absolute Gasteiger partial charge is 0.451 e. The van der Waals surface area contributed by atoms with Gasteiger partial charge in [-0.1, -0.05) is 78.9 Å². The fraction of sp³-hybridized carbons (Fsp3) is 0.250. The topological polar surface area (TPSA) is 92.8 Å².